The monoisotopic (exact) mass is 364 g/mol. The summed E-state index contributed by atoms with van der Waals surface area (Å²) >= 11 is 0. The van der Waals surface area contributed by atoms with E-state index in [9.17, 15) is 10.0 Å². The SMILES string of the molecule is CCOC(=O)/C(=N\O)C1=NC2(C)CCCCC2c2c1ccc1ccccc21. The number of aliphatic imine (C=N–C) groups is 1. The minimum absolute atomic E-state index is 0.112. The van der Waals surface area contributed by atoms with E-state index in [-0.39, 0.29) is 17.9 Å². The van der Waals surface area contributed by atoms with Crippen molar-refractivity contribution < 1.29 is 14.7 Å². The molecule has 2 aliphatic rings. The van der Waals surface area contributed by atoms with E-state index in [1.54, 1.807) is 6.92 Å². The standard InChI is InChI=1S/C22H24N2O3/c1-3-27-21(25)20(24-26)19-16-12-11-14-8-4-5-9-15(14)18(16)17-10-6-7-13-22(17,2)23-19/h4-5,8-9,11-12,17,26H,3,6-7,10,13H2,1-2H3/b24-20-. The quantitative estimate of drug-likeness (QED) is 0.378. The fourth-order valence-corrected chi connectivity index (χ4v) is 4.66. The topological polar surface area (TPSA) is 71.2 Å². The lowest BCUT2D eigenvalue weighted by molar-refractivity contribution is -0.134. The van der Waals surface area contributed by atoms with E-state index in [2.05, 4.69) is 24.2 Å². The Bertz CT molecular complexity index is 963. The first kappa shape index (κ1) is 17.7. The molecular weight excluding hydrogens is 340 g/mol. The zero-order valence-corrected chi connectivity index (χ0v) is 15.7. The van der Waals surface area contributed by atoms with Crippen molar-refractivity contribution in [2.45, 2.75) is 51.0 Å². The summed E-state index contributed by atoms with van der Waals surface area (Å²) < 4.78 is 5.11. The first-order valence-electron chi connectivity index (χ1n) is 9.60. The lowest BCUT2D eigenvalue weighted by Crippen LogP contribution is -2.42. The van der Waals surface area contributed by atoms with Gasteiger partial charge in [0.15, 0.2) is 0 Å². The highest BCUT2D eigenvalue weighted by Gasteiger charge is 2.44. The molecule has 1 saturated carbocycles. The van der Waals surface area contributed by atoms with Crippen molar-refractivity contribution in [2.24, 2.45) is 10.1 Å². The van der Waals surface area contributed by atoms with Crippen LogP contribution in [0.1, 0.15) is 56.6 Å². The van der Waals surface area contributed by atoms with E-state index in [4.69, 9.17) is 9.73 Å². The van der Waals surface area contributed by atoms with E-state index in [0.717, 1.165) is 24.8 Å². The summed E-state index contributed by atoms with van der Waals surface area (Å²) in [6.45, 7) is 4.10. The fraction of sp³-hybridized carbons (Fsp3) is 0.409. The van der Waals surface area contributed by atoms with Gasteiger partial charge in [0.05, 0.1) is 12.1 Å². The summed E-state index contributed by atoms with van der Waals surface area (Å²) in [6, 6.07) is 12.3. The molecule has 1 fully saturated rings. The van der Waals surface area contributed by atoms with Crippen molar-refractivity contribution in [1.29, 1.82) is 0 Å². The molecule has 5 heteroatoms. The van der Waals surface area contributed by atoms with Gasteiger partial charge in [-0.05, 0) is 43.0 Å². The van der Waals surface area contributed by atoms with Crippen LogP contribution in [0.5, 0.6) is 0 Å². The number of rotatable bonds is 3. The predicted octanol–water partition coefficient (Wildman–Crippen LogP) is 4.45. The maximum absolute atomic E-state index is 12.4. The van der Waals surface area contributed by atoms with Crippen LogP contribution in [0, 0.1) is 0 Å². The van der Waals surface area contributed by atoms with Crippen LogP contribution in [0.2, 0.25) is 0 Å². The highest BCUT2D eigenvalue weighted by atomic mass is 16.5. The average Bonchev–Trinajstić information content (AvgIpc) is 2.68. The first-order valence-corrected chi connectivity index (χ1v) is 9.60. The summed E-state index contributed by atoms with van der Waals surface area (Å²) in [5.74, 6) is -0.353. The number of hydrogen-bond donors (Lipinski definition) is 1. The normalized spacial score (nSPS) is 24.7. The Labute approximate surface area is 158 Å². The van der Waals surface area contributed by atoms with Gasteiger partial charge < -0.3 is 9.94 Å². The smallest absolute Gasteiger partial charge is 0.362 e. The van der Waals surface area contributed by atoms with Crippen molar-refractivity contribution in [3.05, 3.63) is 47.5 Å². The summed E-state index contributed by atoms with van der Waals surface area (Å²) in [6.07, 6.45) is 4.30. The summed E-state index contributed by atoms with van der Waals surface area (Å²) in [5.41, 5.74) is 2.10. The Hall–Kier alpha value is -2.69. The second-order valence-corrected chi connectivity index (χ2v) is 7.53. The molecule has 140 valence electrons. The van der Waals surface area contributed by atoms with Crippen LogP contribution in [0.3, 0.4) is 0 Å². The Morgan fingerprint density at radius 2 is 2.11 bits per heavy atom. The lowest BCUT2D eigenvalue weighted by Gasteiger charge is -2.43. The Kier molecular flexibility index (Phi) is 4.46. The van der Waals surface area contributed by atoms with Gasteiger partial charge in [0, 0.05) is 11.5 Å². The van der Waals surface area contributed by atoms with Crippen molar-refractivity contribution in [2.75, 3.05) is 6.61 Å². The van der Waals surface area contributed by atoms with Gasteiger partial charge in [-0.25, -0.2) is 4.79 Å². The number of fused-ring (bicyclic) bond motifs is 5. The summed E-state index contributed by atoms with van der Waals surface area (Å²) in [7, 11) is 0. The highest BCUT2D eigenvalue weighted by molar-refractivity contribution is 6.69. The van der Waals surface area contributed by atoms with Crippen LogP contribution in [0.25, 0.3) is 10.8 Å². The minimum atomic E-state index is -0.643. The number of benzene rings is 2. The van der Waals surface area contributed by atoms with E-state index in [1.165, 1.54) is 22.8 Å². The molecule has 1 heterocycles. The lowest BCUT2D eigenvalue weighted by atomic mass is 9.66. The number of carbonyl (C=O) groups excluding carboxylic acids is 1. The molecule has 2 aromatic rings. The number of oxime groups is 1. The second-order valence-electron chi connectivity index (χ2n) is 7.53. The fourth-order valence-electron chi connectivity index (χ4n) is 4.66. The van der Waals surface area contributed by atoms with Gasteiger partial charge in [-0.2, -0.15) is 0 Å². The molecule has 2 unspecified atom stereocenters. The second kappa shape index (κ2) is 6.80. The molecule has 0 bridgehead atoms. The van der Waals surface area contributed by atoms with Gasteiger partial charge in [-0.15, -0.1) is 0 Å². The predicted molar refractivity (Wildman–Crippen MR) is 106 cm³/mol. The van der Waals surface area contributed by atoms with Gasteiger partial charge in [-0.1, -0.05) is 54.4 Å². The molecule has 1 aliphatic heterocycles. The van der Waals surface area contributed by atoms with Crippen LogP contribution in [-0.2, 0) is 9.53 Å². The number of esters is 1. The molecule has 5 nitrogen and oxygen atoms in total. The molecule has 0 saturated heterocycles. The molecule has 4 rings (SSSR count). The Balaban J connectivity index is 1.98. The third kappa shape index (κ3) is 2.82. The van der Waals surface area contributed by atoms with Crippen molar-refractivity contribution in [1.82, 2.24) is 0 Å². The maximum Gasteiger partial charge on any atom is 0.362 e. The van der Waals surface area contributed by atoms with Gasteiger partial charge in [0.25, 0.3) is 0 Å². The summed E-state index contributed by atoms with van der Waals surface area (Å²) in [4.78, 5) is 17.4. The maximum atomic E-state index is 12.4. The van der Waals surface area contributed by atoms with E-state index >= 15 is 0 Å². The zero-order valence-electron chi connectivity index (χ0n) is 15.7. The van der Waals surface area contributed by atoms with Gasteiger partial charge in [-0.3, -0.25) is 4.99 Å². The largest absolute Gasteiger partial charge is 0.461 e. The average molecular weight is 364 g/mol. The Morgan fingerprint density at radius 3 is 2.89 bits per heavy atom. The highest BCUT2D eigenvalue weighted by Crippen LogP contribution is 2.49. The molecule has 2 atom stereocenters. The van der Waals surface area contributed by atoms with Crippen molar-refractivity contribution >= 4 is 28.2 Å². The van der Waals surface area contributed by atoms with E-state index in [1.807, 2.05) is 24.3 Å². The minimum Gasteiger partial charge on any atom is -0.461 e. The van der Waals surface area contributed by atoms with Crippen LogP contribution in [-0.4, -0.2) is 34.7 Å². The van der Waals surface area contributed by atoms with Crippen LogP contribution in [0.4, 0.5) is 0 Å². The Morgan fingerprint density at radius 1 is 1.30 bits per heavy atom. The first-order chi connectivity index (χ1) is 13.1. The molecule has 0 spiro atoms. The number of nitrogens with zero attached hydrogens (tertiary/aromatic N) is 2. The molecule has 0 aromatic heterocycles. The van der Waals surface area contributed by atoms with E-state index in [0.29, 0.717) is 11.6 Å². The molecule has 1 aliphatic carbocycles. The van der Waals surface area contributed by atoms with Gasteiger partial charge >= 0.3 is 5.97 Å². The molecule has 1 N–H and O–H groups in total. The molecule has 0 radical (unpaired) electrons. The molecule has 27 heavy (non-hydrogen) atoms. The van der Waals surface area contributed by atoms with Crippen LogP contribution < -0.4 is 0 Å². The van der Waals surface area contributed by atoms with Crippen molar-refractivity contribution in [3.63, 3.8) is 0 Å². The number of carbonyl (C=O) groups is 1. The molecule has 2 aromatic carbocycles. The van der Waals surface area contributed by atoms with Gasteiger partial charge in [0.2, 0.25) is 5.71 Å². The van der Waals surface area contributed by atoms with E-state index < -0.39 is 5.97 Å². The van der Waals surface area contributed by atoms with Gasteiger partial charge in [0.1, 0.15) is 5.71 Å². The van der Waals surface area contributed by atoms with Crippen LogP contribution in [0.15, 0.2) is 46.5 Å². The van der Waals surface area contributed by atoms with Crippen LogP contribution >= 0.6 is 0 Å². The number of hydrogen-bond acceptors (Lipinski definition) is 5. The van der Waals surface area contributed by atoms with Crippen molar-refractivity contribution in [3.8, 4) is 0 Å². The number of ether oxygens (including phenoxy) is 1. The molecule has 0 amide bonds. The summed E-state index contributed by atoms with van der Waals surface area (Å²) in [5, 5.41) is 15.2. The third-order valence-electron chi connectivity index (χ3n) is 5.91. The third-order valence-corrected chi connectivity index (χ3v) is 5.91. The zero-order chi connectivity index (χ0) is 19.0. The molecular formula is C22H24N2O3.